The summed E-state index contributed by atoms with van der Waals surface area (Å²) in [5.74, 6) is -0.217. The zero-order valence-electron chi connectivity index (χ0n) is 8.76. The molecule has 78 valence electrons. The average Bonchev–Trinajstić information content (AvgIpc) is 2.17. The van der Waals surface area contributed by atoms with Gasteiger partial charge in [0.2, 0.25) is 0 Å². The minimum absolute atomic E-state index is 0.217. The smallest absolute Gasteiger partial charge is 0.125 e. The van der Waals surface area contributed by atoms with E-state index in [1.807, 2.05) is 18.0 Å². The van der Waals surface area contributed by atoms with Crippen LogP contribution < -0.4 is 10.6 Å². The highest BCUT2D eigenvalue weighted by molar-refractivity contribution is 5.48. The van der Waals surface area contributed by atoms with E-state index < -0.39 is 0 Å². The molecule has 3 heteroatoms. The molecule has 2 nitrogen and oxygen atoms in total. The summed E-state index contributed by atoms with van der Waals surface area (Å²) in [4.78, 5) is 2.03. The van der Waals surface area contributed by atoms with Gasteiger partial charge >= 0.3 is 0 Å². The molecule has 0 saturated heterocycles. The van der Waals surface area contributed by atoms with Crippen LogP contribution in [0.4, 0.5) is 10.1 Å². The lowest BCUT2D eigenvalue weighted by Gasteiger charge is -2.19. The Balaban J connectivity index is 2.90. The Morgan fingerprint density at radius 2 is 2.07 bits per heavy atom. The number of nitrogens with two attached hydrogens (primary N) is 1. The molecule has 0 saturated carbocycles. The first-order valence-electron chi connectivity index (χ1n) is 4.88. The van der Waals surface area contributed by atoms with Crippen LogP contribution in [0.3, 0.4) is 0 Å². The molecule has 0 unspecified atom stereocenters. The van der Waals surface area contributed by atoms with E-state index in [9.17, 15) is 4.39 Å². The Kier molecular flexibility index (Phi) is 3.89. The third kappa shape index (κ3) is 2.70. The molecule has 1 aromatic rings. The van der Waals surface area contributed by atoms with Crippen molar-refractivity contribution in [3.05, 3.63) is 29.6 Å². The number of halogens is 1. The SMILES string of the molecule is CCCN(C)c1cc(F)cc(CN)c1. The molecule has 0 aliphatic rings. The normalized spacial score (nSPS) is 10.3. The van der Waals surface area contributed by atoms with Gasteiger partial charge in [-0.25, -0.2) is 4.39 Å². The highest BCUT2D eigenvalue weighted by Crippen LogP contribution is 2.17. The second-order valence-electron chi connectivity index (χ2n) is 3.44. The summed E-state index contributed by atoms with van der Waals surface area (Å²) in [6.07, 6.45) is 1.05. The number of anilines is 1. The van der Waals surface area contributed by atoms with Crippen molar-refractivity contribution in [2.24, 2.45) is 5.73 Å². The summed E-state index contributed by atoms with van der Waals surface area (Å²) in [6.45, 7) is 3.40. The molecule has 0 bridgehead atoms. The van der Waals surface area contributed by atoms with Crippen molar-refractivity contribution in [3.63, 3.8) is 0 Å². The highest BCUT2D eigenvalue weighted by Gasteiger charge is 2.03. The fraction of sp³-hybridized carbons (Fsp3) is 0.455. The van der Waals surface area contributed by atoms with Gasteiger partial charge in [0.05, 0.1) is 0 Å². The fourth-order valence-corrected chi connectivity index (χ4v) is 1.44. The van der Waals surface area contributed by atoms with Crippen LogP contribution in [0.5, 0.6) is 0 Å². The Labute approximate surface area is 84.5 Å². The van der Waals surface area contributed by atoms with Gasteiger partial charge in [-0.05, 0) is 30.2 Å². The van der Waals surface area contributed by atoms with E-state index in [2.05, 4.69) is 6.92 Å². The number of hydrogen-bond acceptors (Lipinski definition) is 2. The third-order valence-corrected chi connectivity index (χ3v) is 2.18. The van der Waals surface area contributed by atoms with Gasteiger partial charge in [0.1, 0.15) is 5.82 Å². The van der Waals surface area contributed by atoms with Crippen LogP contribution in [-0.4, -0.2) is 13.6 Å². The van der Waals surface area contributed by atoms with Gasteiger partial charge in [-0.15, -0.1) is 0 Å². The standard InChI is InChI=1S/C11H17FN2/c1-3-4-14(2)11-6-9(8-13)5-10(12)7-11/h5-7H,3-4,8,13H2,1-2H3. The van der Waals surface area contributed by atoms with Crippen LogP contribution in [-0.2, 0) is 6.54 Å². The van der Waals surface area contributed by atoms with Crippen LogP contribution in [0.1, 0.15) is 18.9 Å². The topological polar surface area (TPSA) is 29.3 Å². The third-order valence-electron chi connectivity index (χ3n) is 2.18. The summed E-state index contributed by atoms with van der Waals surface area (Å²) >= 11 is 0. The molecule has 1 rings (SSSR count). The van der Waals surface area contributed by atoms with E-state index >= 15 is 0 Å². The monoisotopic (exact) mass is 196 g/mol. The van der Waals surface area contributed by atoms with Gasteiger partial charge in [-0.2, -0.15) is 0 Å². The maximum absolute atomic E-state index is 13.1. The van der Waals surface area contributed by atoms with Crippen LogP contribution in [0.25, 0.3) is 0 Å². The highest BCUT2D eigenvalue weighted by atomic mass is 19.1. The zero-order valence-corrected chi connectivity index (χ0v) is 8.76. The first-order chi connectivity index (χ1) is 6.67. The minimum Gasteiger partial charge on any atom is -0.375 e. The Hall–Kier alpha value is -1.09. The van der Waals surface area contributed by atoms with Crippen LogP contribution in [0.2, 0.25) is 0 Å². The van der Waals surface area contributed by atoms with E-state index in [0.717, 1.165) is 24.2 Å². The van der Waals surface area contributed by atoms with Crippen molar-refractivity contribution in [2.75, 3.05) is 18.5 Å². The summed E-state index contributed by atoms with van der Waals surface area (Å²) in [5.41, 5.74) is 7.21. The Morgan fingerprint density at radius 1 is 1.36 bits per heavy atom. The van der Waals surface area contributed by atoms with Gasteiger partial charge in [0, 0.05) is 25.8 Å². The summed E-state index contributed by atoms with van der Waals surface area (Å²) in [5, 5.41) is 0. The van der Waals surface area contributed by atoms with E-state index in [1.54, 1.807) is 0 Å². The number of nitrogens with zero attached hydrogens (tertiary/aromatic N) is 1. The quantitative estimate of drug-likeness (QED) is 0.799. The van der Waals surface area contributed by atoms with Gasteiger partial charge in [0.25, 0.3) is 0 Å². The van der Waals surface area contributed by atoms with Crippen molar-refractivity contribution in [2.45, 2.75) is 19.9 Å². The second kappa shape index (κ2) is 4.96. The fourth-order valence-electron chi connectivity index (χ4n) is 1.44. The summed E-state index contributed by atoms with van der Waals surface area (Å²) < 4.78 is 13.1. The number of benzene rings is 1. The number of rotatable bonds is 4. The van der Waals surface area contributed by atoms with Crippen LogP contribution >= 0.6 is 0 Å². The Morgan fingerprint density at radius 3 is 2.64 bits per heavy atom. The molecule has 0 amide bonds. The molecule has 0 fully saturated rings. The average molecular weight is 196 g/mol. The van der Waals surface area contributed by atoms with Crippen molar-refractivity contribution in [1.82, 2.24) is 0 Å². The summed E-state index contributed by atoms with van der Waals surface area (Å²) in [6, 6.07) is 4.94. The van der Waals surface area contributed by atoms with E-state index in [4.69, 9.17) is 5.73 Å². The van der Waals surface area contributed by atoms with Crippen molar-refractivity contribution in [3.8, 4) is 0 Å². The molecule has 0 aliphatic heterocycles. The van der Waals surface area contributed by atoms with Crippen LogP contribution in [0.15, 0.2) is 18.2 Å². The molecular weight excluding hydrogens is 179 g/mol. The molecule has 0 aromatic heterocycles. The van der Waals surface area contributed by atoms with Gasteiger partial charge in [-0.1, -0.05) is 6.92 Å². The molecule has 14 heavy (non-hydrogen) atoms. The lowest BCUT2D eigenvalue weighted by Crippen LogP contribution is -2.18. The molecule has 0 radical (unpaired) electrons. The molecule has 1 aromatic carbocycles. The maximum atomic E-state index is 13.1. The molecule has 2 N–H and O–H groups in total. The first-order valence-corrected chi connectivity index (χ1v) is 4.88. The maximum Gasteiger partial charge on any atom is 0.125 e. The van der Waals surface area contributed by atoms with E-state index in [1.165, 1.54) is 12.1 Å². The summed E-state index contributed by atoms with van der Waals surface area (Å²) in [7, 11) is 1.96. The van der Waals surface area contributed by atoms with Crippen molar-refractivity contribution < 1.29 is 4.39 Å². The van der Waals surface area contributed by atoms with Crippen molar-refractivity contribution >= 4 is 5.69 Å². The van der Waals surface area contributed by atoms with E-state index in [-0.39, 0.29) is 5.82 Å². The molecule has 0 aliphatic carbocycles. The first kappa shape index (κ1) is 11.0. The molecule has 0 heterocycles. The van der Waals surface area contributed by atoms with Gasteiger partial charge in [0.15, 0.2) is 0 Å². The predicted molar refractivity (Wildman–Crippen MR) is 57.9 cm³/mol. The lowest BCUT2D eigenvalue weighted by atomic mass is 10.2. The van der Waals surface area contributed by atoms with Gasteiger partial charge < -0.3 is 10.6 Å². The predicted octanol–water partition coefficient (Wildman–Crippen LogP) is 2.13. The van der Waals surface area contributed by atoms with Crippen LogP contribution in [0, 0.1) is 5.82 Å². The molecule has 0 atom stereocenters. The van der Waals surface area contributed by atoms with E-state index in [0.29, 0.717) is 6.54 Å². The largest absolute Gasteiger partial charge is 0.375 e. The van der Waals surface area contributed by atoms with Gasteiger partial charge in [-0.3, -0.25) is 0 Å². The zero-order chi connectivity index (χ0) is 10.6. The number of hydrogen-bond donors (Lipinski definition) is 1. The lowest BCUT2D eigenvalue weighted by molar-refractivity contribution is 0.624. The van der Waals surface area contributed by atoms with Crippen molar-refractivity contribution in [1.29, 1.82) is 0 Å². The second-order valence-corrected chi connectivity index (χ2v) is 3.44. The minimum atomic E-state index is -0.217. The Bertz CT molecular complexity index is 299. The molecule has 0 spiro atoms. The molecular formula is C11H17FN2.